The van der Waals surface area contributed by atoms with Crippen LogP contribution in [-0.2, 0) is 40.5 Å². The summed E-state index contributed by atoms with van der Waals surface area (Å²) in [5.41, 5.74) is 0.275. The minimum atomic E-state index is -5.20. The van der Waals surface area contributed by atoms with Crippen molar-refractivity contribution in [3.63, 3.8) is 0 Å². The second-order valence-electron chi connectivity index (χ2n) is 14.4. The summed E-state index contributed by atoms with van der Waals surface area (Å²) in [6.45, 7) is 7.22. The second-order valence-corrected chi connectivity index (χ2v) is 19.9. The van der Waals surface area contributed by atoms with Crippen LogP contribution < -0.4 is 150 Å². The Morgan fingerprint density at radius 1 is 0.386 bits per heavy atom. The number of nitrogens with one attached hydrogen (secondary N) is 6. The van der Waals surface area contributed by atoms with Crippen molar-refractivity contribution < 1.29 is 170 Å². The molecule has 348 valence electrons. The van der Waals surface area contributed by atoms with E-state index in [9.17, 15) is 51.9 Å². The zero-order chi connectivity index (χ0) is 48.2. The fourth-order valence-electron chi connectivity index (χ4n) is 5.66. The van der Waals surface area contributed by atoms with Gasteiger partial charge in [0.15, 0.2) is 0 Å². The number of benzene rings is 4. The van der Waals surface area contributed by atoms with Crippen molar-refractivity contribution >= 4 is 111 Å². The molecule has 0 amide bonds. The van der Waals surface area contributed by atoms with Crippen LogP contribution in [0.1, 0.15) is 38.8 Å². The maximum absolute atomic E-state index is 12.5. The number of hydrogen-bond donors (Lipinski definition) is 6. The first-order valence-corrected chi connectivity index (χ1v) is 24.5. The zero-order valence-electron chi connectivity index (χ0n) is 38.6. The van der Waals surface area contributed by atoms with E-state index in [4.69, 9.17) is 0 Å². The minimum Gasteiger partial charge on any atom is -0.744 e. The molecule has 0 bridgehead atoms. The van der Waals surface area contributed by atoms with Crippen LogP contribution in [0.3, 0.4) is 0 Å². The smallest absolute Gasteiger partial charge is 0.744 e. The van der Waals surface area contributed by atoms with Crippen molar-refractivity contribution in [2.45, 2.75) is 59.4 Å². The first kappa shape index (κ1) is 63.2. The van der Waals surface area contributed by atoms with Gasteiger partial charge in [0.1, 0.15) is 40.5 Å². The third kappa shape index (κ3) is 18.5. The molecule has 0 aliphatic heterocycles. The number of aromatic nitrogens is 6. The van der Waals surface area contributed by atoms with Crippen LogP contribution in [0.25, 0.3) is 12.2 Å². The number of nitrogens with zero attached hydrogens (tertiary/aromatic N) is 6. The maximum Gasteiger partial charge on any atom is 1.00 e. The van der Waals surface area contributed by atoms with Gasteiger partial charge in [-0.1, -0.05) is 24.3 Å². The van der Waals surface area contributed by atoms with Crippen molar-refractivity contribution in [2.75, 3.05) is 31.9 Å². The van der Waals surface area contributed by atoms with Gasteiger partial charge in [-0.15, -0.1) is 0 Å². The Hall–Kier alpha value is -2.92. The molecule has 32 heteroatoms. The van der Waals surface area contributed by atoms with E-state index in [0.29, 0.717) is 11.4 Å². The van der Waals surface area contributed by atoms with Gasteiger partial charge in [0.2, 0.25) is 35.7 Å². The van der Waals surface area contributed by atoms with E-state index in [0.717, 1.165) is 48.6 Å². The Morgan fingerprint density at radius 2 is 0.643 bits per heavy atom. The summed E-state index contributed by atoms with van der Waals surface area (Å²) in [7, 11) is -19.8. The second kappa shape index (κ2) is 26.3. The van der Waals surface area contributed by atoms with Gasteiger partial charge >= 0.3 is 118 Å². The van der Waals surface area contributed by atoms with Crippen LogP contribution in [-0.4, -0.2) is 93.9 Å². The molecule has 0 fully saturated rings. The van der Waals surface area contributed by atoms with Gasteiger partial charge in [-0.3, -0.25) is 0 Å². The quantitative estimate of drug-likeness (QED) is 0.0264. The predicted molar refractivity (Wildman–Crippen MR) is 237 cm³/mol. The molecular weight excluding hydrogens is 1040 g/mol. The van der Waals surface area contributed by atoms with Crippen LogP contribution in [0.4, 0.5) is 58.4 Å². The fraction of sp³-hybridized carbons (Fsp3) is 0.158. The minimum absolute atomic E-state index is 0. The molecule has 6 N–H and O–H groups in total. The molecule has 0 saturated heterocycles. The van der Waals surface area contributed by atoms with Gasteiger partial charge in [-0.05, 0) is 112 Å². The summed E-state index contributed by atoms with van der Waals surface area (Å²) in [6, 6.07) is 16.5. The predicted octanol–water partition coefficient (Wildman–Crippen LogP) is -7.53. The summed E-state index contributed by atoms with van der Waals surface area (Å²) in [5.74, 6) is -0.240. The Labute approximate surface area is 492 Å². The average molecular weight is 1070 g/mol. The standard InChI is InChI=1S/C38H40N12O12S4.4Na/c1-21(2)39-33-45-35(41-25-11-15-29(16-12-25)63(51,52)53)49-37(47-33)43-27-9-7-23(31(19-27)65(57,58)59)5-6-24-8-10-28(20-32(24)66(60,61)62)44-38-48-34(40-22(3)4)46-36(50-38)42-26-13-17-30(18-14-26)64(54,55)56;;;;/h5-22H,1-4H3,(H,51,52,53)(H,54,55,56)(H,57,58,59)(H,60,61,62)(H3,39,41,43,45,47,49)(H3,40,42,44,46,48,50);;;;/q;4*+1/p-4. The van der Waals surface area contributed by atoms with Crippen LogP contribution >= 0.6 is 0 Å². The summed E-state index contributed by atoms with van der Waals surface area (Å²) < 4.78 is 143. The van der Waals surface area contributed by atoms with Crippen LogP contribution in [0.15, 0.2) is 105 Å². The van der Waals surface area contributed by atoms with E-state index in [1.807, 2.05) is 0 Å². The third-order valence-corrected chi connectivity index (χ3v) is 11.9. The topological polar surface area (TPSA) is 378 Å². The van der Waals surface area contributed by atoms with Gasteiger partial charge in [0, 0.05) is 34.8 Å². The van der Waals surface area contributed by atoms with Gasteiger partial charge < -0.3 is 50.1 Å². The maximum atomic E-state index is 12.5. The Balaban J connectivity index is 0.00000420. The van der Waals surface area contributed by atoms with Crippen molar-refractivity contribution in [1.82, 2.24) is 29.9 Å². The Kier molecular flexibility index (Phi) is 23.8. The number of hydrogen-bond acceptors (Lipinski definition) is 24. The largest absolute Gasteiger partial charge is 1.00 e. The molecule has 6 rings (SSSR count). The van der Waals surface area contributed by atoms with E-state index in [2.05, 4.69) is 61.8 Å². The average Bonchev–Trinajstić information content (AvgIpc) is 3.19. The van der Waals surface area contributed by atoms with Crippen LogP contribution in [0, 0.1) is 0 Å². The van der Waals surface area contributed by atoms with E-state index in [1.54, 1.807) is 27.7 Å². The van der Waals surface area contributed by atoms with Crippen molar-refractivity contribution in [3.8, 4) is 0 Å². The molecule has 0 aliphatic carbocycles. The zero-order valence-corrected chi connectivity index (χ0v) is 49.9. The molecule has 2 aromatic heterocycles. The van der Waals surface area contributed by atoms with Crippen molar-refractivity contribution in [2.24, 2.45) is 0 Å². The van der Waals surface area contributed by atoms with E-state index in [-0.39, 0.29) is 189 Å². The van der Waals surface area contributed by atoms with Gasteiger partial charge in [-0.25, -0.2) is 33.7 Å². The fourth-order valence-corrected chi connectivity index (χ4v) is 7.99. The molecule has 2 heterocycles. The molecule has 0 saturated carbocycles. The van der Waals surface area contributed by atoms with E-state index < -0.39 is 60.1 Å². The van der Waals surface area contributed by atoms with Crippen LogP contribution in [0.5, 0.6) is 0 Å². The molecule has 70 heavy (non-hydrogen) atoms. The van der Waals surface area contributed by atoms with Gasteiger partial charge in [-0.2, -0.15) is 29.9 Å². The summed E-state index contributed by atoms with van der Waals surface area (Å²) in [5, 5.41) is 17.3. The normalized spacial score (nSPS) is 11.6. The van der Waals surface area contributed by atoms with Crippen molar-refractivity contribution in [3.05, 3.63) is 96.1 Å². The summed E-state index contributed by atoms with van der Waals surface area (Å²) in [4.78, 5) is 23.2. The molecule has 24 nitrogen and oxygen atoms in total. The molecule has 4 aromatic carbocycles. The van der Waals surface area contributed by atoms with Gasteiger partial charge in [0.05, 0.1) is 19.6 Å². The van der Waals surface area contributed by atoms with Crippen LogP contribution in [0.2, 0.25) is 0 Å². The Bertz CT molecular complexity index is 3070. The SMILES string of the molecule is CC(C)Nc1nc(Nc2ccc(S(=O)(=O)[O-])cc2)nc(Nc2ccc(C=Cc3ccc(Nc4nc(Nc5ccc(S(=O)(=O)[O-])cc5)nc(NC(C)C)n4)cc3S(=O)(=O)[O-])c(S(=O)(=O)[O-])c2)n1.[Na+].[Na+].[Na+].[Na+]. The molecule has 0 spiro atoms. The van der Waals surface area contributed by atoms with E-state index >= 15 is 0 Å². The molecule has 0 atom stereocenters. The molecule has 0 unspecified atom stereocenters. The summed E-state index contributed by atoms with van der Waals surface area (Å²) >= 11 is 0. The Morgan fingerprint density at radius 3 is 0.900 bits per heavy atom. The molecule has 6 aromatic rings. The first-order chi connectivity index (χ1) is 30.8. The molecule has 0 aliphatic rings. The number of rotatable bonds is 18. The number of anilines is 10. The third-order valence-electron chi connectivity index (χ3n) is 8.43. The van der Waals surface area contributed by atoms with Crippen molar-refractivity contribution in [1.29, 1.82) is 0 Å². The van der Waals surface area contributed by atoms with Gasteiger partial charge in [0.25, 0.3) is 0 Å². The summed E-state index contributed by atoms with van der Waals surface area (Å²) in [6.07, 6.45) is 2.24. The monoisotopic (exact) mass is 1070 g/mol. The molecule has 0 radical (unpaired) electrons. The van der Waals surface area contributed by atoms with E-state index in [1.165, 1.54) is 48.5 Å². The first-order valence-electron chi connectivity index (χ1n) is 18.9. The molecular formula is C38H36N12Na4O12S4.